The number of sulfonamides is 1. The van der Waals surface area contributed by atoms with Gasteiger partial charge in [0.1, 0.15) is 0 Å². The highest BCUT2D eigenvalue weighted by atomic mass is 32.2. The van der Waals surface area contributed by atoms with Crippen molar-refractivity contribution in [3.05, 3.63) is 47.0 Å². The predicted octanol–water partition coefficient (Wildman–Crippen LogP) is 2.17. The summed E-state index contributed by atoms with van der Waals surface area (Å²) in [6, 6.07) is 9.70. The summed E-state index contributed by atoms with van der Waals surface area (Å²) in [4.78, 5) is 0. The van der Waals surface area contributed by atoms with E-state index in [4.69, 9.17) is 0 Å². The Labute approximate surface area is 103 Å². The Bertz CT molecular complexity index is 532. The number of rotatable bonds is 2. The van der Waals surface area contributed by atoms with Gasteiger partial charge in [-0.3, -0.25) is 0 Å². The Kier molecular flexibility index (Phi) is 3.35. The van der Waals surface area contributed by atoms with Gasteiger partial charge < -0.3 is 0 Å². The van der Waals surface area contributed by atoms with E-state index >= 15 is 0 Å². The minimum atomic E-state index is -3.13. The van der Waals surface area contributed by atoms with Crippen LogP contribution in [0.2, 0.25) is 0 Å². The maximum Gasteiger partial charge on any atom is 0.218 e. The van der Waals surface area contributed by atoms with Gasteiger partial charge in [-0.2, -0.15) is 4.31 Å². The van der Waals surface area contributed by atoms with Gasteiger partial charge in [-0.15, -0.1) is 0 Å². The van der Waals surface area contributed by atoms with Crippen LogP contribution >= 0.6 is 0 Å². The molecule has 3 nitrogen and oxygen atoms in total. The van der Waals surface area contributed by atoms with Crippen molar-refractivity contribution in [2.24, 2.45) is 0 Å². The van der Waals surface area contributed by atoms with Gasteiger partial charge in [-0.1, -0.05) is 41.5 Å². The van der Waals surface area contributed by atoms with E-state index in [2.05, 4.69) is 0 Å². The van der Waals surface area contributed by atoms with Gasteiger partial charge in [0, 0.05) is 13.1 Å². The lowest BCUT2D eigenvalue weighted by atomic mass is 10.1. The molecule has 0 atom stereocenters. The van der Waals surface area contributed by atoms with Crippen molar-refractivity contribution in [1.29, 1.82) is 0 Å². The van der Waals surface area contributed by atoms with E-state index in [1.54, 1.807) is 4.31 Å². The molecule has 0 saturated carbocycles. The fraction of sp³-hybridized carbons (Fsp3) is 0.385. The van der Waals surface area contributed by atoms with Crippen LogP contribution in [0.15, 0.2) is 41.5 Å². The molecule has 0 saturated heterocycles. The van der Waals surface area contributed by atoms with Gasteiger partial charge >= 0.3 is 0 Å². The highest BCUT2D eigenvalue weighted by molar-refractivity contribution is 7.89. The molecule has 0 N–H and O–H groups in total. The molecule has 0 radical (unpaired) electrons. The first kappa shape index (κ1) is 12.3. The normalized spacial score (nSPS) is 20.6. The second-order valence-electron chi connectivity index (χ2n) is 4.57. The lowest BCUT2D eigenvalue weighted by Crippen LogP contribution is -2.38. The molecule has 0 bridgehead atoms. The van der Waals surface area contributed by atoms with E-state index < -0.39 is 10.0 Å². The molecule has 0 unspecified atom stereocenters. The Morgan fingerprint density at radius 3 is 2.41 bits per heavy atom. The Hall–Kier alpha value is -1.13. The minimum Gasteiger partial charge on any atom is -0.212 e. The third-order valence-corrected chi connectivity index (χ3v) is 4.98. The molecule has 17 heavy (non-hydrogen) atoms. The summed E-state index contributed by atoms with van der Waals surface area (Å²) in [5.74, 6) is 0.158. The molecular formula is C13H17NO2S. The summed E-state index contributed by atoms with van der Waals surface area (Å²) in [7, 11) is -3.13. The van der Waals surface area contributed by atoms with Crippen LogP contribution in [0.1, 0.15) is 19.4 Å². The summed E-state index contributed by atoms with van der Waals surface area (Å²) in [6.07, 6.45) is 0. The maximum atomic E-state index is 12.0. The SMILES string of the molecule is CC1=C(C)CS(=O)(=O)N(Cc2ccccc2)C1. The summed E-state index contributed by atoms with van der Waals surface area (Å²) in [5, 5.41) is 0. The molecule has 0 aromatic heterocycles. The van der Waals surface area contributed by atoms with Gasteiger partial charge in [0.15, 0.2) is 0 Å². The van der Waals surface area contributed by atoms with Crippen LogP contribution in [-0.4, -0.2) is 25.0 Å². The minimum absolute atomic E-state index is 0.158. The third kappa shape index (κ3) is 2.76. The summed E-state index contributed by atoms with van der Waals surface area (Å²) < 4.78 is 25.6. The first-order valence-corrected chi connectivity index (χ1v) is 7.27. The van der Waals surface area contributed by atoms with Crippen LogP contribution in [0.25, 0.3) is 0 Å². The molecule has 0 amide bonds. The lowest BCUT2D eigenvalue weighted by molar-refractivity contribution is 0.425. The zero-order chi connectivity index (χ0) is 12.5. The average Bonchev–Trinajstić information content (AvgIpc) is 2.27. The number of hydrogen-bond donors (Lipinski definition) is 0. The average molecular weight is 251 g/mol. The van der Waals surface area contributed by atoms with Gasteiger partial charge in [-0.05, 0) is 19.4 Å². The van der Waals surface area contributed by atoms with E-state index in [1.807, 2.05) is 44.2 Å². The molecule has 4 heteroatoms. The topological polar surface area (TPSA) is 37.4 Å². The number of benzene rings is 1. The van der Waals surface area contributed by atoms with Crippen molar-refractivity contribution < 1.29 is 8.42 Å². The molecule has 0 spiro atoms. The van der Waals surface area contributed by atoms with Gasteiger partial charge in [-0.25, -0.2) is 8.42 Å². The summed E-state index contributed by atoms with van der Waals surface area (Å²) in [5.41, 5.74) is 3.17. The van der Waals surface area contributed by atoms with Crippen molar-refractivity contribution in [1.82, 2.24) is 4.31 Å². The van der Waals surface area contributed by atoms with Crippen molar-refractivity contribution in [3.63, 3.8) is 0 Å². The first-order valence-electron chi connectivity index (χ1n) is 5.66. The van der Waals surface area contributed by atoms with Crippen molar-refractivity contribution in [2.75, 3.05) is 12.3 Å². The lowest BCUT2D eigenvalue weighted by Gasteiger charge is -2.28. The molecule has 92 valence electrons. The maximum absolute atomic E-state index is 12.0. The molecule has 1 heterocycles. The number of nitrogens with zero attached hydrogens (tertiary/aromatic N) is 1. The monoisotopic (exact) mass is 251 g/mol. The molecule has 1 aromatic rings. The third-order valence-electron chi connectivity index (χ3n) is 3.14. The first-order chi connectivity index (χ1) is 7.99. The molecule has 0 fully saturated rings. The van der Waals surface area contributed by atoms with Crippen LogP contribution in [0, 0.1) is 0 Å². The van der Waals surface area contributed by atoms with E-state index in [9.17, 15) is 8.42 Å². The molecule has 2 rings (SSSR count). The summed E-state index contributed by atoms with van der Waals surface area (Å²) >= 11 is 0. The summed E-state index contributed by atoms with van der Waals surface area (Å²) in [6.45, 7) is 4.88. The fourth-order valence-electron chi connectivity index (χ4n) is 1.93. The van der Waals surface area contributed by atoms with E-state index in [1.165, 1.54) is 0 Å². The van der Waals surface area contributed by atoms with Crippen LogP contribution < -0.4 is 0 Å². The van der Waals surface area contributed by atoms with Gasteiger partial charge in [0.05, 0.1) is 5.75 Å². The smallest absolute Gasteiger partial charge is 0.212 e. The van der Waals surface area contributed by atoms with E-state index in [0.717, 1.165) is 16.7 Å². The van der Waals surface area contributed by atoms with Crippen LogP contribution in [-0.2, 0) is 16.6 Å². The highest BCUT2D eigenvalue weighted by Crippen LogP contribution is 2.21. The molecular weight excluding hydrogens is 234 g/mol. The fourth-order valence-corrected chi connectivity index (χ4v) is 3.64. The molecule has 1 aromatic carbocycles. The molecule has 1 aliphatic rings. The molecule has 0 aliphatic carbocycles. The predicted molar refractivity (Wildman–Crippen MR) is 69.0 cm³/mol. The quantitative estimate of drug-likeness (QED) is 0.755. The van der Waals surface area contributed by atoms with E-state index in [0.29, 0.717) is 13.1 Å². The molecule has 1 aliphatic heterocycles. The Morgan fingerprint density at radius 1 is 1.12 bits per heavy atom. The Morgan fingerprint density at radius 2 is 1.76 bits per heavy atom. The Balaban J connectivity index is 2.23. The van der Waals surface area contributed by atoms with Crippen LogP contribution in [0.3, 0.4) is 0 Å². The standard InChI is InChI=1S/C13H17NO2S/c1-11-8-14(17(15,16)10-12(11)2)9-13-6-4-3-5-7-13/h3-7H,8-10H2,1-2H3. The van der Waals surface area contributed by atoms with Gasteiger partial charge in [0.2, 0.25) is 10.0 Å². The van der Waals surface area contributed by atoms with Crippen molar-refractivity contribution in [2.45, 2.75) is 20.4 Å². The van der Waals surface area contributed by atoms with Crippen LogP contribution in [0.5, 0.6) is 0 Å². The highest BCUT2D eigenvalue weighted by Gasteiger charge is 2.27. The van der Waals surface area contributed by atoms with Crippen molar-refractivity contribution in [3.8, 4) is 0 Å². The van der Waals surface area contributed by atoms with Crippen LogP contribution in [0.4, 0.5) is 0 Å². The second-order valence-corrected chi connectivity index (χ2v) is 6.54. The zero-order valence-corrected chi connectivity index (χ0v) is 11.0. The largest absolute Gasteiger partial charge is 0.218 e. The van der Waals surface area contributed by atoms with E-state index in [-0.39, 0.29) is 5.75 Å². The van der Waals surface area contributed by atoms with Crippen molar-refractivity contribution >= 4 is 10.0 Å². The second kappa shape index (κ2) is 4.63. The van der Waals surface area contributed by atoms with Gasteiger partial charge in [0.25, 0.3) is 0 Å². The number of hydrogen-bond acceptors (Lipinski definition) is 2. The zero-order valence-electron chi connectivity index (χ0n) is 10.2.